The number of anilines is 3. The lowest BCUT2D eigenvalue weighted by molar-refractivity contribution is 0.414. The molecule has 1 N–H and O–H groups in total. The van der Waals surface area contributed by atoms with E-state index in [1.807, 2.05) is 48.3 Å². The second kappa shape index (κ2) is 7.67. The number of nitrogens with zero attached hydrogens (tertiary/aromatic N) is 2. The standard InChI is InChI=1S/C20H21N3O3S/c1-15-13-18(26-3)10-11-19(15)27(24,25)22-20-12-9-17(14-21-20)23(2)16-7-5-4-6-8-16/h4-14H,1-3H3,(H,21,22). The minimum atomic E-state index is -3.74. The zero-order chi connectivity index (χ0) is 19.4. The van der Waals surface area contributed by atoms with E-state index in [0.29, 0.717) is 11.3 Å². The van der Waals surface area contributed by atoms with Crippen molar-refractivity contribution in [2.75, 3.05) is 23.8 Å². The Balaban J connectivity index is 1.80. The molecule has 27 heavy (non-hydrogen) atoms. The van der Waals surface area contributed by atoms with Crippen molar-refractivity contribution in [2.45, 2.75) is 11.8 Å². The molecule has 3 aromatic rings. The minimum Gasteiger partial charge on any atom is -0.497 e. The van der Waals surface area contributed by atoms with Crippen molar-refractivity contribution < 1.29 is 13.2 Å². The summed E-state index contributed by atoms with van der Waals surface area (Å²) in [5.41, 5.74) is 2.47. The summed E-state index contributed by atoms with van der Waals surface area (Å²) < 4.78 is 33.0. The third-order valence-corrected chi connectivity index (χ3v) is 5.70. The molecular formula is C20H21N3O3S. The maximum atomic E-state index is 12.7. The van der Waals surface area contributed by atoms with E-state index in [2.05, 4.69) is 9.71 Å². The van der Waals surface area contributed by atoms with Crippen molar-refractivity contribution in [3.05, 3.63) is 72.4 Å². The van der Waals surface area contributed by atoms with Gasteiger partial charge in [-0.15, -0.1) is 0 Å². The number of sulfonamides is 1. The molecule has 0 radical (unpaired) electrons. The molecule has 2 aromatic carbocycles. The molecule has 7 heteroatoms. The molecule has 0 aliphatic carbocycles. The van der Waals surface area contributed by atoms with Gasteiger partial charge in [0.25, 0.3) is 10.0 Å². The molecular weight excluding hydrogens is 362 g/mol. The van der Waals surface area contributed by atoms with E-state index in [1.54, 1.807) is 38.4 Å². The second-order valence-corrected chi connectivity index (χ2v) is 7.68. The average molecular weight is 383 g/mol. The molecule has 0 saturated heterocycles. The first-order valence-electron chi connectivity index (χ1n) is 8.33. The molecule has 0 bridgehead atoms. The van der Waals surface area contributed by atoms with Crippen LogP contribution in [0.5, 0.6) is 5.75 Å². The Labute approximate surface area is 159 Å². The molecule has 0 aliphatic heterocycles. The van der Waals surface area contributed by atoms with Gasteiger partial charge in [0.05, 0.1) is 23.9 Å². The summed E-state index contributed by atoms with van der Waals surface area (Å²) in [5, 5.41) is 0. The topological polar surface area (TPSA) is 71.5 Å². The van der Waals surface area contributed by atoms with Crippen LogP contribution in [0.1, 0.15) is 5.56 Å². The highest BCUT2D eigenvalue weighted by molar-refractivity contribution is 7.92. The number of rotatable bonds is 6. The maximum absolute atomic E-state index is 12.7. The van der Waals surface area contributed by atoms with Crippen molar-refractivity contribution in [3.63, 3.8) is 0 Å². The van der Waals surface area contributed by atoms with Gasteiger partial charge in [0.15, 0.2) is 0 Å². The first kappa shape index (κ1) is 18.7. The summed E-state index contributed by atoms with van der Waals surface area (Å²) >= 11 is 0. The highest BCUT2D eigenvalue weighted by atomic mass is 32.2. The van der Waals surface area contributed by atoms with Gasteiger partial charge in [-0.25, -0.2) is 13.4 Å². The van der Waals surface area contributed by atoms with Crippen molar-refractivity contribution in [3.8, 4) is 5.75 Å². The molecule has 140 valence electrons. The number of nitrogens with one attached hydrogen (secondary N) is 1. The molecule has 0 atom stereocenters. The van der Waals surface area contributed by atoms with Crippen molar-refractivity contribution >= 4 is 27.2 Å². The Kier molecular flexibility index (Phi) is 5.32. The van der Waals surface area contributed by atoms with Gasteiger partial charge >= 0.3 is 0 Å². The molecule has 3 rings (SSSR count). The van der Waals surface area contributed by atoms with E-state index in [4.69, 9.17) is 4.74 Å². The quantitative estimate of drug-likeness (QED) is 0.697. The van der Waals surface area contributed by atoms with Crippen LogP contribution in [0.3, 0.4) is 0 Å². The first-order valence-corrected chi connectivity index (χ1v) is 9.81. The van der Waals surface area contributed by atoms with E-state index in [9.17, 15) is 8.42 Å². The molecule has 1 aromatic heterocycles. The predicted octanol–water partition coefficient (Wildman–Crippen LogP) is 3.97. The van der Waals surface area contributed by atoms with Crippen LogP contribution in [0, 0.1) is 6.92 Å². The number of ether oxygens (including phenoxy) is 1. The summed E-state index contributed by atoms with van der Waals surface area (Å²) in [6.07, 6.45) is 1.63. The van der Waals surface area contributed by atoms with Gasteiger partial charge in [-0.1, -0.05) is 18.2 Å². The normalized spacial score (nSPS) is 11.1. The summed E-state index contributed by atoms with van der Waals surface area (Å²) in [6, 6.07) is 18.1. The third-order valence-electron chi connectivity index (χ3n) is 4.19. The van der Waals surface area contributed by atoms with Crippen molar-refractivity contribution in [1.82, 2.24) is 4.98 Å². The number of hydrogen-bond acceptors (Lipinski definition) is 5. The molecule has 0 unspecified atom stereocenters. The van der Waals surface area contributed by atoms with E-state index in [1.165, 1.54) is 6.07 Å². The summed E-state index contributed by atoms with van der Waals surface area (Å²) in [7, 11) is -0.268. The predicted molar refractivity (Wildman–Crippen MR) is 107 cm³/mol. The van der Waals surface area contributed by atoms with Gasteiger partial charge in [0.1, 0.15) is 11.6 Å². The Bertz CT molecular complexity index is 1020. The van der Waals surface area contributed by atoms with Crippen LogP contribution in [0.2, 0.25) is 0 Å². The fourth-order valence-corrected chi connectivity index (χ4v) is 3.92. The van der Waals surface area contributed by atoms with Gasteiger partial charge < -0.3 is 9.64 Å². The lowest BCUT2D eigenvalue weighted by Crippen LogP contribution is -2.15. The van der Waals surface area contributed by atoms with Crippen LogP contribution >= 0.6 is 0 Å². The SMILES string of the molecule is COc1ccc(S(=O)(=O)Nc2ccc(N(C)c3ccccc3)cn2)c(C)c1. The Morgan fingerprint density at radius 3 is 2.33 bits per heavy atom. The zero-order valence-electron chi connectivity index (χ0n) is 15.4. The number of pyridine rings is 1. The Hall–Kier alpha value is -3.06. The molecule has 0 saturated carbocycles. The van der Waals surface area contributed by atoms with Crippen LogP contribution in [-0.2, 0) is 10.0 Å². The monoisotopic (exact) mass is 383 g/mol. The number of aromatic nitrogens is 1. The molecule has 0 aliphatic rings. The van der Waals surface area contributed by atoms with Gasteiger partial charge in [0, 0.05) is 12.7 Å². The first-order chi connectivity index (χ1) is 12.9. The summed E-state index contributed by atoms with van der Waals surface area (Å²) in [4.78, 5) is 6.40. The molecule has 6 nitrogen and oxygen atoms in total. The number of methoxy groups -OCH3 is 1. The molecule has 0 spiro atoms. The smallest absolute Gasteiger partial charge is 0.263 e. The van der Waals surface area contributed by atoms with E-state index in [-0.39, 0.29) is 10.7 Å². The van der Waals surface area contributed by atoms with Crippen LogP contribution in [0.25, 0.3) is 0 Å². The van der Waals surface area contributed by atoms with Crippen LogP contribution in [0.4, 0.5) is 17.2 Å². The van der Waals surface area contributed by atoms with Gasteiger partial charge in [-0.3, -0.25) is 4.72 Å². The number of para-hydroxylation sites is 1. The average Bonchev–Trinajstić information content (AvgIpc) is 2.68. The van der Waals surface area contributed by atoms with Crippen molar-refractivity contribution in [2.24, 2.45) is 0 Å². The molecule has 1 heterocycles. The fourth-order valence-electron chi connectivity index (χ4n) is 2.69. The lowest BCUT2D eigenvalue weighted by atomic mass is 10.2. The van der Waals surface area contributed by atoms with E-state index in [0.717, 1.165) is 11.4 Å². The highest BCUT2D eigenvalue weighted by Crippen LogP contribution is 2.25. The van der Waals surface area contributed by atoms with Crippen LogP contribution in [-0.4, -0.2) is 27.6 Å². The Morgan fingerprint density at radius 2 is 1.74 bits per heavy atom. The van der Waals surface area contributed by atoms with E-state index < -0.39 is 10.0 Å². The van der Waals surface area contributed by atoms with Crippen LogP contribution < -0.4 is 14.4 Å². The van der Waals surface area contributed by atoms with Gasteiger partial charge in [0.2, 0.25) is 0 Å². The zero-order valence-corrected chi connectivity index (χ0v) is 16.2. The number of aryl methyl sites for hydroxylation is 1. The number of hydrogen-bond donors (Lipinski definition) is 1. The Morgan fingerprint density at radius 1 is 1.00 bits per heavy atom. The van der Waals surface area contributed by atoms with Gasteiger partial charge in [-0.2, -0.15) is 0 Å². The minimum absolute atomic E-state index is 0.190. The lowest BCUT2D eigenvalue weighted by Gasteiger charge is -2.19. The van der Waals surface area contributed by atoms with Crippen molar-refractivity contribution in [1.29, 1.82) is 0 Å². The summed E-state index contributed by atoms with van der Waals surface area (Å²) in [5.74, 6) is 0.869. The summed E-state index contributed by atoms with van der Waals surface area (Å²) in [6.45, 7) is 1.72. The largest absolute Gasteiger partial charge is 0.497 e. The molecule has 0 amide bonds. The molecule has 0 fully saturated rings. The number of benzene rings is 2. The van der Waals surface area contributed by atoms with Crippen LogP contribution in [0.15, 0.2) is 71.8 Å². The maximum Gasteiger partial charge on any atom is 0.263 e. The van der Waals surface area contributed by atoms with E-state index >= 15 is 0 Å². The van der Waals surface area contributed by atoms with Gasteiger partial charge in [-0.05, 0) is 55.0 Å². The fraction of sp³-hybridized carbons (Fsp3) is 0.150. The third kappa shape index (κ3) is 4.20. The second-order valence-electron chi connectivity index (χ2n) is 6.03. The highest BCUT2D eigenvalue weighted by Gasteiger charge is 2.18.